The molecular weight excluding hydrogens is 535 g/mol. The van der Waals surface area contributed by atoms with Crippen molar-refractivity contribution >= 4 is 45.3 Å². The third-order valence-electron chi connectivity index (χ3n) is 8.20. The van der Waals surface area contributed by atoms with Crippen molar-refractivity contribution in [3.63, 3.8) is 0 Å². The van der Waals surface area contributed by atoms with Gasteiger partial charge in [0.15, 0.2) is 5.82 Å². The van der Waals surface area contributed by atoms with Crippen molar-refractivity contribution < 1.29 is 13.9 Å². The summed E-state index contributed by atoms with van der Waals surface area (Å²) in [7, 11) is 1.93. The van der Waals surface area contributed by atoms with Crippen LogP contribution in [-0.2, 0) is 11.8 Å². The summed E-state index contributed by atoms with van der Waals surface area (Å²) in [5.74, 6) is 1.65. The van der Waals surface area contributed by atoms with Gasteiger partial charge in [-0.05, 0) is 61.7 Å². The van der Waals surface area contributed by atoms with Gasteiger partial charge < -0.3 is 24.4 Å². The molecular formula is C31H29FN8O2. The highest BCUT2D eigenvalue weighted by Crippen LogP contribution is 2.36. The number of ether oxygens (including phenoxy) is 1. The minimum Gasteiger partial charge on any atom is -0.457 e. The standard InChI is InChI=1S/C31H29FN8O2/c1-4-29(41)39-10-9-19-12-20(39)15-40(19)28-8-6-23-30(37-28)31(34-16-33-23)36-24-11-18(2)27(14-22(24)32)42-21-5-7-26-25(13-21)35-17-38(26)3/h4-8,11,13-14,16-17,19-20H,1,9-10,12,15H2,2-3H3,(H,33,34,36)/t19-,20+/m1/s1. The van der Waals surface area contributed by atoms with Gasteiger partial charge in [-0.1, -0.05) is 6.58 Å². The van der Waals surface area contributed by atoms with Crippen molar-refractivity contribution in [1.29, 1.82) is 0 Å². The summed E-state index contributed by atoms with van der Waals surface area (Å²) in [6, 6.07) is 12.9. The molecule has 5 aromatic rings. The summed E-state index contributed by atoms with van der Waals surface area (Å²) in [5.41, 5.74) is 3.96. The van der Waals surface area contributed by atoms with Crippen molar-refractivity contribution in [2.75, 3.05) is 23.3 Å². The highest BCUT2D eigenvalue weighted by molar-refractivity contribution is 5.89. The molecule has 11 heteroatoms. The van der Waals surface area contributed by atoms with Gasteiger partial charge in [0, 0.05) is 38.3 Å². The van der Waals surface area contributed by atoms with Crippen LogP contribution in [0.25, 0.3) is 22.1 Å². The SMILES string of the molecule is C=CC(=O)N1CC[C@@H]2C[C@H]1CN2c1ccc2ncnc(Nc3cc(C)c(Oc4ccc5c(c4)ncn5C)cc3F)c2n1. The number of likely N-dealkylation sites (tertiary alicyclic amines) is 1. The van der Waals surface area contributed by atoms with E-state index in [1.54, 1.807) is 12.4 Å². The zero-order valence-corrected chi connectivity index (χ0v) is 23.3. The Hall–Kier alpha value is -5.06. The van der Waals surface area contributed by atoms with E-state index in [-0.39, 0.29) is 17.6 Å². The zero-order chi connectivity index (χ0) is 29.0. The molecule has 2 saturated heterocycles. The molecule has 42 heavy (non-hydrogen) atoms. The highest BCUT2D eigenvalue weighted by Gasteiger charge is 2.41. The average molecular weight is 565 g/mol. The van der Waals surface area contributed by atoms with E-state index >= 15 is 4.39 Å². The van der Waals surface area contributed by atoms with Crippen LogP contribution in [0.3, 0.4) is 0 Å². The Balaban J connectivity index is 1.15. The number of pyridine rings is 1. The lowest BCUT2D eigenvalue weighted by atomic mass is 10.0. The molecule has 0 radical (unpaired) electrons. The number of hydrogen-bond acceptors (Lipinski definition) is 8. The number of imidazole rings is 1. The van der Waals surface area contributed by atoms with E-state index < -0.39 is 5.82 Å². The third-order valence-corrected chi connectivity index (χ3v) is 8.20. The molecule has 2 fully saturated rings. The quantitative estimate of drug-likeness (QED) is 0.279. The van der Waals surface area contributed by atoms with Crippen LogP contribution in [0.1, 0.15) is 18.4 Å². The lowest BCUT2D eigenvalue weighted by molar-refractivity contribution is -0.128. The molecule has 0 aliphatic carbocycles. The first kappa shape index (κ1) is 25.9. The molecule has 0 spiro atoms. The van der Waals surface area contributed by atoms with Gasteiger partial charge in [0.2, 0.25) is 5.91 Å². The number of fused-ring (bicyclic) bond motifs is 4. The molecule has 1 amide bonds. The number of anilines is 3. The molecule has 212 valence electrons. The lowest BCUT2D eigenvalue weighted by Gasteiger charge is -2.31. The maximum atomic E-state index is 15.4. The fourth-order valence-corrected chi connectivity index (χ4v) is 6.03. The van der Waals surface area contributed by atoms with Crippen LogP contribution in [0.4, 0.5) is 21.7 Å². The topological polar surface area (TPSA) is 101 Å². The van der Waals surface area contributed by atoms with Crippen LogP contribution >= 0.6 is 0 Å². The Bertz CT molecular complexity index is 1870. The molecule has 10 nitrogen and oxygen atoms in total. The van der Waals surface area contributed by atoms with Gasteiger partial charge in [0.05, 0.1) is 34.6 Å². The summed E-state index contributed by atoms with van der Waals surface area (Å²) in [5, 5.41) is 3.13. The van der Waals surface area contributed by atoms with Crippen molar-refractivity contribution in [2.24, 2.45) is 7.05 Å². The Kier molecular flexibility index (Phi) is 6.22. The van der Waals surface area contributed by atoms with E-state index in [2.05, 4.69) is 31.7 Å². The number of amides is 1. The molecule has 2 atom stereocenters. The maximum Gasteiger partial charge on any atom is 0.246 e. The van der Waals surface area contributed by atoms with E-state index in [1.165, 1.54) is 18.5 Å². The second-order valence-electron chi connectivity index (χ2n) is 10.8. The molecule has 2 aliphatic rings. The first-order valence-corrected chi connectivity index (χ1v) is 13.9. The van der Waals surface area contributed by atoms with E-state index in [0.717, 1.165) is 35.3 Å². The highest BCUT2D eigenvalue weighted by atomic mass is 19.1. The van der Waals surface area contributed by atoms with Gasteiger partial charge in [0.1, 0.15) is 35.0 Å². The van der Waals surface area contributed by atoms with Gasteiger partial charge in [-0.2, -0.15) is 0 Å². The fourth-order valence-electron chi connectivity index (χ4n) is 6.03. The van der Waals surface area contributed by atoms with Crippen molar-refractivity contribution in [2.45, 2.75) is 31.8 Å². The van der Waals surface area contributed by atoms with Crippen molar-refractivity contribution in [3.8, 4) is 11.5 Å². The Labute approximate surface area is 241 Å². The van der Waals surface area contributed by atoms with Crippen LogP contribution in [0.5, 0.6) is 11.5 Å². The number of carbonyl (C=O) groups is 1. The number of halogens is 1. The van der Waals surface area contributed by atoms with Gasteiger partial charge in [0.25, 0.3) is 0 Å². The number of nitrogens with one attached hydrogen (secondary N) is 1. The van der Waals surface area contributed by atoms with Crippen molar-refractivity contribution in [3.05, 3.63) is 79.2 Å². The monoisotopic (exact) mass is 564 g/mol. The number of aromatic nitrogens is 5. The van der Waals surface area contributed by atoms with E-state index in [1.807, 2.05) is 53.8 Å². The molecule has 2 bridgehead atoms. The second-order valence-corrected chi connectivity index (χ2v) is 10.8. The second kappa shape index (κ2) is 10.1. The van der Waals surface area contributed by atoms with Crippen molar-refractivity contribution in [1.82, 2.24) is 29.4 Å². The van der Waals surface area contributed by atoms with E-state index in [9.17, 15) is 4.79 Å². The number of benzene rings is 2. The molecule has 0 unspecified atom stereocenters. The van der Waals surface area contributed by atoms with Crippen LogP contribution in [0.2, 0.25) is 0 Å². The number of nitrogens with zero attached hydrogens (tertiary/aromatic N) is 7. The lowest BCUT2D eigenvalue weighted by Crippen LogP contribution is -2.43. The Morgan fingerprint density at radius 2 is 2.00 bits per heavy atom. The summed E-state index contributed by atoms with van der Waals surface area (Å²) in [6.07, 6.45) is 6.31. The maximum absolute atomic E-state index is 15.4. The minimum atomic E-state index is -0.488. The number of hydrogen-bond donors (Lipinski definition) is 1. The molecule has 5 heterocycles. The number of rotatable bonds is 6. The molecule has 7 rings (SSSR count). The summed E-state index contributed by atoms with van der Waals surface area (Å²) >= 11 is 0. The number of aryl methyl sites for hydroxylation is 2. The smallest absolute Gasteiger partial charge is 0.246 e. The molecule has 2 aromatic carbocycles. The fraction of sp³-hybridized carbons (Fsp3) is 0.258. The Morgan fingerprint density at radius 1 is 1.12 bits per heavy atom. The number of piperidine rings is 1. The molecule has 0 saturated carbocycles. The van der Waals surface area contributed by atoms with E-state index in [4.69, 9.17) is 9.72 Å². The summed E-state index contributed by atoms with van der Waals surface area (Å²) < 4.78 is 23.4. The van der Waals surface area contributed by atoms with Gasteiger partial charge in [-0.3, -0.25) is 4.79 Å². The van der Waals surface area contributed by atoms with E-state index in [0.29, 0.717) is 47.5 Å². The predicted molar refractivity (Wildman–Crippen MR) is 159 cm³/mol. The Morgan fingerprint density at radius 3 is 2.86 bits per heavy atom. The van der Waals surface area contributed by atoms with Crippen LogP contribution in [-0.4, -0.2) is 60.5 Å². The van der Waals surface area contributed by atoms with Crippen LogP contribution in [0, 0.1) is 12.7 Å². The van der Waals surface area contributed by atoms with Crippen LogP contribution < -0.4 is 15.0 Å². The van der Waals surface area contributed by atoms with Gasteiger partial charge >= 0.3 is 0 Å². The molecule has 2 aliphatic heterocycles. The minimum absolute atomic E-state index is 0.0327. The zero-order valence-electron chi connectivity index (χ0n) is 23.3. The largest absolute Gasteiger partial charge is 0.457 e. The normalized spacial score (nSPS) is 18.1. The summed E-state index contributed by atoms with van der Waals surface area (Å²) in [6.45, 7) is 6.91. The summed E-state index contributed by atoms with van der Waals surface area (Å²) in [4.78, 5) is 34.5. The third kappa shape index (κ3) is 4.47. The first-order chi connectivity index (χ1) is 20.4. The first-order valence-electron chi connectivity index (χ1n) is 13.9. The van der Waals surface area contributed by atoms with Crippen LogP contribution in [0.15, 0.2) is 67.8 Å². The van der Waals surface area contributed by atoms with Gasteiger partial charge in [-0.25, -0.2) is 24.3 Å². The number of carbonyl (C=O) groups excluding carboxylic acids is 1. The predicted octanol–water partition coefficient (Wildman–Crippen LogP) is 5.26. The van der Waals surface area contributed by atoms with Gasteiger partial charge in [-0.15, -0.1) is 0 Å². The molecule has 3 aromatic heterocycles. The molecule has 1 N–H and O–H groups in total. The average Bonchev–Trinajstić information content (AvgIpc) is 3.53.